The van der Waals surface area contributed by atoms with Gasteiger partial charge in [-0.15, -0.1) is 0 Å². The van der Waals surface area contributed by atoms with E-state index in [1.807, 2.05) is 10.9 Å². The Labute approximate surface area is 125 Å². The van der Waals surface area contributed by atoms with Crippen LogP contribution in [-0.2, 0) is 11.3 Å². The number of nitrogens with one attached hydrogen (secondary N) is 1. The zero-order valence-electron chi connectivity index (χ0n) is 12.4. The van der Waals surface area contributed by atoms with Crippen LogP contribution in [0.5, 0.6) is 0 Å². The number of halogens is 1. The Bertz CT molecular complexity index is 362. The van der Waals surface area contributed by atoms with Gasteiger partial charge in [0.05, 0.1) is 28.5 Å². The Morgan fingerprint density at radius 1 is 1.37 bits per heavy atom. The predicted molar refractivity (Wildman–Crippen MR) is 82.3 cm³/mol. The van der Waals surface area contributed by atoms with Gasteiger partial charge in [-0.05, 0) is 42.7 Å². The molecule has 0 aliphatic rings. The van der Waals surface area contributed by atoms with Crippen LogP contribution in [0.3, 0.4) is 0 Å². The van der Waals surface area contributed by atoms with Crippen LogP contribution in [0.15, 0.2) is 10.7 Å². The second-order valence-corrected chi connectivity index (χ2v) is 5.37. The summed E-state index contributed by atoms with van der Waals surface area (Å²) in [6.07, 6.45) is 4.23. The van der Waals surface area contributed by atoms with Crippen LogP contribution in [0.25, 0.3) is 0 Å². The average molecular weight is 332 g/mol. The normalized spacial score (nSPS) is 14.6. The van der Waals surface area contributed by atoms with Crippen LogP contribution in [0.2, 0.25) is 0 Å². The SMILES string of the molecule is CCCC(OCC)C(NCC)c1c(Br)cnn1CC. The monoisotopic (exact) mass is 331 g/mol. The van der Waals surface area contributed by atoms with Crippen molar-refractivity contribution in [2.24, 2.45) is 0 Å². The summed E-state index contributed by atoms with van der Waals surface area (Å²) >= 11 is 3.62. The molecular weight excluding hydrogens is 306 g/mol. The van der Waals surface area contributed by atoms with Crippen molar-refractivity contribution < 1.29 is 4.74 Å². The van der Waals surface area contributed by atoms with Crippen LogP contribution in [0.4, 0.5) is 0 Å². The van der Waals surface area contributed by atoms with Crippen LogP contribution in [0, 0.1) is 0 Å². The van der Waals surface area contributed by atoms with E-state index in [2.05, 4.69) is 54.0 Å². The maximum atomic E-state index is 5.95. The summed E-state index contributed by atoms with van der Waals surface area (Å²) in [5.41, 5.74) is 1.19. The molecule has 0 aromatic carbocycles. The number of hydrogen-bond donors (Lipinski definition) is 1. The summed E-state index contributed by atoms with van der Waals surface area (Å²) < 4.78 is 9.05. The summed E-state index contributed by atoms with van der Waals surface area (Å²) in [6, 6.07) is 0.182. The number of hydrogen-bond acceptors (Lipinski definition) is 3. The van der Waals surface area contributed by atoms with Crippen molar-refractivity contribution in [3.63, 3.8) is 0 Å². The molecule has 5 heteroatoms. The van der Waals surface area contributed by atoms with Crippen molar-refractivity contribution in [3.05, 3.63) is 16.4 Å². The van der Waals surface area contributed by atoms with Gasteiger partial charge >= 0.3 is 0 Å². The molecule has 0 fully saturated rings. The van der Waals surface area contributed by atoms with Gasteiger partial charge in [0, 0.05) is 13.2 Å². The third-order valence-electron chi connectivity index (χ3n) is 3.18. The Morgan fingerprint density at radius 3 is 2.63 bits per heavy atom. The zero-order chi connectivity index (χ0) is 14.3. The van der Waals surface area contributed by atoms with E-state index in [4.69, 9.17) is 4.74 Å². The standard InChI is InChI=1S/C14H26BrN3O/c1-5-9-12(19-8-4)13(16-6-2)14-11(15)10-17-18(14)7-3/h10,12-13,16H,5-9H2,1-4H3. The molecule has 0 radical (unpaired) electrons. The number of aromatic nitrogens is 2. The van der Waals surface area contributed by atoms with Gasteiger partial charge in [0.2, 0.25) is 0 Å². The summed E-state index contributed by atoms with van der Waals surface area (Å²) in [4.78, 5) is 0. The minimum atomic E-state index is 0.182. The molecular formula is C14H26BrN3O. The highest BCUT2D eigenvalue weighted by Gasteiger charge is 2.27. The first-order chi connectivity index (χ1) is 9.19. The third-order valence-corrected chi connectivity index (χ3v) is 3.79. The Hall–Kier alpha value is -0.390. The van der Waals surface area contributed by atoms with Crippen molar-refractivity contribution in [1.29, 1.82) is 0 Å². The van der Waals surface area contributed by atoms with E-state index >= 15 is 0 Å². The van der Waals surface area contributed by atoms with Crippen LogP contribution in [-0.4, -0.2) is 29.0 Å². The fraction of sp³-hybridized carbons (Fsp3) is 0.786. The molecule has 2 unspecified atom stereocenters. The number of likely N-dealkylation sites (N-methyl/N-ethyl adjacent to an activating group) is 1. The highest BCUT2D eigenvalue weighted by Crippen LogP contribution is 2.29. The lowest BCUT2D eigenvalue weighted by Crippen LogP contribution is -2.35. The van der Waals surface area contributed by atoms with Gasteiger partial charge in [-0.25, -0.2) is 0 Å². The molecule has 0 spiro atoms. The summed E-state index contributed by atoms with van der Waals surface area (Å²) in [5.74, 6) is 0. The van der Waals surface area contributed by atoms with Gasteiger partial charge in [-0.2, -0.15) is 5.10 Å². The fourth-order valence-corrected chi connectivity index (χ4v) is 2.94. The highest BCUT2D eigenvalue weighted by molar-refractivity contribution is 9.10. The Balaban J connectivity index is 3.05. The van der Waals surface area contributed by atoms with Gasteiger partial charge in [-0.3, -0.25) is 4.68 Å². The van der Waals surface area contributed by atoms with E-state index in [9.17, 15) is 0 Å². The smallest absolute Gasteiger partial charge is 0.0785 e. The van der Waals surface area contributed by atoms with E-state index in [-0.39, 0.29) is 12.1 Å². The molecule has 1 rings (SSSR count). The molecule has 0 saturated heterocycles. The van der Waals surface area contributed by atoms with Crippen molar-refractivity contribution in [2.75, 3.05) is 13.2 Å². The lowest BCUT2D eigenvalue weighted by molar-refractivity contribution is 0.0256. The van der Waals surface area contributed by atoms with E-state index in [0.717, 1.165) is 37.0 Å². The number of rotatable bonds is 9. The van der Waals surface area contributed by atoms with Gasteiger partial charge in [0.15, 0.2) is 0 Å². The molecule has 110 valence electrons. The van der Waals surface area contributed by atoms with Crippen molar-refractivity contribution in [3.8, 4) is 0 Å². The van der Waals surface area contributed by atoms with Crippen LogP contribution in [0.1, 0.15) is 52.3 Å². The topological polar surface area (TPSA) is 39.1 Å². The van der Waals surface area contributed by atoms with Gasteiger partial charge in [-0.1, -0.05) is 20.3 Å². The fourth-order valence-electron chi connectivity index (χ4n) is 2.40. The molecule has 4 nitrogen and oxygen atoms in total. The Kier molecular flexibility index (Phi) is 7.64. The molecule has 1 N–H and O–H groups in total. The second-order valence-electron chi connectivity index (χ2n) is 4.51. The molecule has 19 heavy (non-hydrogen) atoms. The molecule has 0 saturated carbocycles. The maximum absolute atomic E-state index is 5.95. The van der Waals surface area contributed by atoms with Crippen molar-refractivity contribution in [1.82, 2.24) is 15.1 Å². The van der Waals surface area contributed by atoms with Gasteiger partial charge in [0.1, 0.15) is 0 Å². The second kappa shape index (κ2) is 8.72. The third kappa shape index (κ3) is 4.29. The number of nitrogens with zero attached hydrogens (tertiary/aromatic N) is 2. The summed E-state index contributed by atoms with van der Waals surface area (Å²) in [7, 11) is 0. The summed E-state index contributed by atoms with van der Waals surface area (Å²) in [5, 5.41) is 7.97. The van der Waals surface area contributed by atoms with E-state index in [1.165, 1.54) is 5.69 Å². The predicted octanol–water partition coefficient (Wildman–Crippen LogP) is 3.52. The van der Waals surface area contributed by atoms with Crippen molar-refractivity contribution in [2.45, 2.75) is 59.2 Å². The molecule has 2 atom stereocenters. The molecule has 0 aliphatic carbocycles. The largest absolute Gasteiger partial charge is 0.376 e. The number of aryl methyl sites for hydroxylation is 1. The van der Waals surface area contributed by atoms with E-state index in [0.29, 0.717) is 0 Å². The van der Waals surface area contributed by atoms with Crippen LogP contribution >= 0.6 is 15.9 Å². The summed E-state index contributed by atoms with van der Waals surface area (Å²) in [6.45, 7) is 11.0. The van der Waals surface area contributed by atoms with E-state index in [1.54, 1.807) is 0 Å². The highest BCUT2D eigenvalue weighted by atomic mass is 79.9. The minimum Gasteiger partial charge on any atom is -0.376 e. The van der Waals surface area contributed by atoms with E-state index < -0.39 is 0 Å². The quantitative estimate of drug-likeness (QED) is 0.752. The molecule has 0 aliphatic heterocycles. The van der Waals surface area contributed by atoms with Crippen molar-refractivity contribution >= 4 is 15.9 Å². The first kappa shape index (κ1) is 16.7. The zero-order valence-corrected chi connectivity index (χ0v) is 14.0. The maximum Gasteiger partial charge on any atom is 0.0785 e. The van der Waals surface area contributed by atoms with Gasteiger partial charge < -0.3 is 10.1 Å². The molecule has 1 aromatic rings. The Morgan fingerprint density at radius 2 is 2.11 bits per heavy atom. The first-order valence-electron chi connectivity index (χ1n) is 7.25. The molecule has 0 amide bonds. The minimum absolute atomic E-state index is 0.182. The molecule has 1 heterocycles. The lowest BCUT2D eigenvalue weighted by Gasteiger charge is -2.28. The lowest BCUT2D eigenvalue weighted by atomic mass is 10.0. The first-order valence-corrected chi connectivity index (χ1v) is 8.04. The molecule has 0 bridgehead atoms. The van der Waals surface area contributed by atoms with Crippen LogP contribution < -0.4 is 5.32 Å². The molecule has 1 aromatic heterocycles. The number of ether oxygens (including phenoxy) is 1. The van der Waals surface area contributed by atoms with Gasteiger partial charge in [0.25, 0.3) is 0 Å². The average Bonchev–Trinajstić information content (AvgIpc) is 2.77.